The summed E-state index contributed by atoms with van der Waals surface area (Å²) in [5.41, 5.74) is 3.75. The number of aromatic nitrogens is 1. The van der Waals surface area contributed by atoms with Gasteiger partial charge in [-0.25, -0.2) is 4.98 Å². The molecule has 19 heavy (non-hydrogen) atoms. The summed E-state index contributed by atoms with van der Waals surface area (Å²) in [5, 5.41) is 5.79. The summed E-state index contributed by atoms with van der Waals surface area (Å²) in [6.07, 6.45) is 1.61. The highest BCUT2D eigenvalue weighted by atomic mass is 16.1. The van der Waals surface area contributed by atoms with E-state index in [0.29, 0.717) is 11.4 Å². The van der Waals surface area contributed by atoms with Gasteiger partial charge in [-0.05, 0) is 49.2 Å². The molecule has 0 fully saturated rings. The summed E-state index contributed by atoms with van der Waals surface area (Å²) in [4.78, 5) is 16.2. The average Bonchev–Trinajstić information content (AvgIpc) is 2.43. The molecule has 0 saturated heterocycles. The highest BCUT2D eigenvalue weighted by Crippen LogP contribution is 2.15. The van der Waals surface area contributed by atoms with Gasteiger partial charge in [0.15, 0.2) is 0 Å². The Balaban J connectivity index is 2.18. The number of carbonyl (C=O) groups is 1. The Morgan fingerprint density at radius 2 is 1.89 bits per heavy atom. The van der Waals surface area contributed by atoms with E-state index in [1.165, 1.54) is 5.56 Å². The minimum atomic E-state index is -0.137. The number of aryl methyl sites for hydroxylation is 2. The molecule has 1 aromatic carbocycles. The number of pyridine rings is 1. The van der Waals surface area contributed by atoms with Gasteiger partial charge in [-0.2, -0.15) is 0 Å². The Labute approximate surface area is 112 Å². The van der Waals surface area contributed by atoms with Crippen molar-refractivity contribution in [3.63, 3.8) is 0 Å². The highest BCUT2D eigenvalue weighted by molar-refractivity contribution is 6.04. The van der Waals surface area contributed by atoms with E-state index in [1.807, 2.05) is 32.0 Å². The molecule has 0 atom stereocenters. The smallest absolute Gasteiger partial charge is 0.255 e. The number of nitrogens with zero attached hydrogens (tertiary/aromatic N) is 1. The number of anilines is 2. The maximum atomic E-state index is 12.1. The monoisotopic (exact) mass is 255 g/mol. The first-order chi connectivity index (χ1) is 9.10. The molecule has 0 aliphatic carbocycles. The molecule has 98 valence electrons. The summed E-state index contributed by atoms with van der Waals surface area (Å²) < 4.78 is 0. The molecule has 0 bridgehead atoms. The summed E-state index contributed by atoms with van der Waals surface area (Å²) in [6, 6.07) is 9.28. The fraction of sp³-hybridized carbons (Fsp3) is 0.200. The van der Waals surface area contributed by atoms with Gasteiger partial charge in [0.05, 0.1) is 0 Å². The summed E-state index contributed by atoms with van der Waals surface area (Å²) >= 11 is 0. The second kappa shape index (κ2) is 5.52. The van der Waals surface area contributed by atoms with E-state index in [9.17, 15) is 4.79 Å². The molecular formula is C15H17N3O. The molecule has 4 heteroatoms. The van der Waals surface area contributed by atoms with Gasteiger partial charge in [0.2, 0.25) is 0 Å². The fourth-order valence-corrected chi connectivity index (χ4v) is 1.73. The molecule has 2 N–H and O–H groups in total. The fourth-order valence-electron chi connectivity index (χ4n) is 1.73. The Morgan fingerprint density at radius 3 is 2.58 bits per heavy atom. The maximum Gasteiger partial charge on any atom is 0.255 e. The first-order valence-electron chi connectivity index (χ1n) is 6.12. The van der Waals surface area contributed by atoms with Crippen molar-refractivity contribution in [1.29, 1.82) is 0 Å². The number of nitrogens with one attached hydrogen (secondary N) is 2. The zero-order valence-electron chi connectivity index (χ0n) is 11.3. The molecule has 0 saturated carbocycles. The molecule has 0 aliphatic heterocycles. The lowest BCUT2D eigenvalue weighted by molar-refractivity contribution is 0.102. The predicted molar refractivity (Wildman–Crippen MR) is 77.7 cm³/mol. The molecule has 0 unspecified atom stereocenters. The topological polar surface area (TPSA) is 54.0 Å². The first kappa shape index (κ1) is 13.1. The number of amides is 1. The van der Waals surface area contributed by atoms with E-state index < -0.39 is 0 Å². The van der Waals surface area contributed by atoms with E-state index in [-0.39, 0.29) is 5.91 Å². The maximum absolute atomic E-state index is 12.1. The van der Waals surface area contributed by atoms with Crippen molar-refractivity contribution < 1.29 is 4.79 Å². The summed E-state index contributed by atoms with van der Waals surface area (Å²) in [7, 11) is 1.77. The Morgan fingerprint density at radius 1 is 1.11 bits per heavy atom. The van der Waals surface area contributed by atoms with Crippen LogP contribution in [0.3, 0.4) is 0 Å². The molecule has 4 nitrogen and oxygen atoms in total. The van der Waals surface area contributed by atoms with Crippen molar-refractivity contribution in [1.82, 2.24) is 4.98 Å². The standard InChI is InChI=1S/C15H17N3O/c1-10-4-5-13(8-11(10)2)18-15(19)12-6-7-17-14(9-12)16-3/h4-9H,1-3H3,(H,16,17)(H,18,19). The Hall–Kier alpha value is -2.36. The third kappa shape index (κ3) is 3.10. The molecule has 2 rings (SSSR count). The van der Waals surface area contributed by atoms with Crippen LogP contribution in [0, 0.1) is 13.8 Å². The molecule has 1 heterocycles. The van der Waals surface area contributed by atoms with E-state index in [2.05, 4.69) is 15.6 Å². The molecule has 2 aromatic rings. The lowest BCUT2D eigenvalue weighted by Gasteiger charge is -2.08. The lowest BCUT2D eigenvalue weighted by Crippen LogP contribution is -2.12. The van der Waals surface area contributed by atoms with Crippen molar-refractivity contribution in [3.05, 3.63) is 53.2 Å². The van der Waals surface area contributed by atoms with Crippen LogP contribution in [0.25, 0.3) is 0 Å². The first-order valence-corrected chi connectivity index (χ1v) is 6.12. The minimum absolute atomic E-state index is 0.137. The third-order valence-corrected chi connectivity index (χ3v) is 3.04. The molecular weight excluding hydrogens is 238 g/mol. The van der Waals surface area contributed by atoms with Crippen molar-refractivity contribution >= 4 is 17.4 Å². The van der Waals surface area contributed by atoms with Gasteiger partial charge in [-0.3, -0.25) is 4.79 Å². The zero-order valence-corrected chi connectivity index (χ0v) is 11.3. The van der Waals surface area contributed by atoms with Gasteiger partial charge in [-0.1, -0.05) is 6.07 Å². The molecule has 0 radical (unpaired) electrons. The van der Waals surface area contributed by atoms with Gasteiger partial charge < -0.3 is 10.6 Å². The second-order valence-corrected chi connectivity index (χ2v) is 4.43. The van der Waals surface area contributed by atoms with Gasteiger partial charge in [0.25, 0.3) is 5.91 Å². The van der Waals surface area contributed by atoms with Crippen LogP contribution in [0.15, 0.2) is 36.5 Å². The normalized spacial score (nSPS) is 10.1. The Kier molecular flexibility index (Phi) is 3.80. The number of hydrogen-bond donors (Lipinski definition) is 2. The van der Waals surface area contributed by atoms with Crippen molar-refractivity contribution in [2.75, 3.05) is 17.7 Å². The molecule has 0 aliphatic rings. The SMILES string of the molecule is CNc1cc(C(=O)Nc2ccc(C)c(C)c2)ccn1. The van der Waals surface area contributed by atoms with Gasteiger partial charge in [-0.15, -0.1) is 0 Å². The van der Waals surface area contributed by atoms with Gasteiger partial charge >= 0.3 is 0 Å². The molecule has 0 spiro atoms. The second-order valence-electron chi connectivity index (χ2n) is 4.43. The van der Waals surface area contributed by atoms with Crippen LogP contribution in [0.2, 0.25) is 0 Å². The van der Waals surface area contributed by atoms with Crippen molar-refractivity contribution in [2.45, 2.75) is 13.8 Å². The van der Waals surface area contributed by atoms with E-state index >= 15 is 0 Å². The largest absolute Gasteiger partial charge is 0.373 e. The number of rotatable bonds is 3. The molecule has 1 amide bonds. The van der Waals surface area contributed by atoms with Gasteiger partial charge in [0, 0.05) is 24.5 Å². The van der Waals surface area contributed by atoms with Crippen LogP contribution in [-0.4, -0.2) is 17.9 Å². The van der Waals surface area contributed by atoms with Crippen LogP contribution in [0.5, 0.6) is 0 Å². The minimum Gasteiger partial charge on any atom is -0.373 e. The Bertz CT molecular complexity index is 608. The van der Waals surface area contributed by atoms with E-state index in [0.717, 1.165) is 11.3 Å². The van der Waals surface area contributed by atoms with E-state index in [1.54, 1.807) is 25.4 Å². The molecule has 1 aromatic heterocycles. The number of hydrogen-bond acceptors (Lipinski definition) is 3. The van der Waals surface area contributed by atoms with Crippen molar-refractivity contribution in [2.24, 2.45) is 0 Å². The van der Waals surface area contributed by atoms with Crippen LogP contribution < -0.4 is 10.6 Å². The van der Waals surface area contributed by atoms with Crippen LogP contribution >= 0.6 is 0 Å². The number of benzene rings is 1. The van der Waals surface area contributed by atoms with Crippen LogP contribution in [-0.2, 0) is 0 Å². The summed E-state index contributed by atoms with van der Waals surface area (Å²) in [5.74, 6) is 0.537. The average molecular weight is 255 g/mol. The van der Waals surface area contributed by atoms with Crippen LogP contribution in [0.1, 0.15) is 21.5 Å². The van der Waals surface area contributed by atoms with E-state index in [4.69, 9.17) is 0 Å². The third-order valence-electron chi connectivity index (χ3n) is 3.04. The highest BCUT2D eigenvalue weighted by Gasteiger charge is 2.07. The predicted octanol–water partition coefficient (Wildman–Crippen LogP) is 2.99. The lowest BCUT2D eigenvalue weighted by atomic mass is 10.1. The zero-order chi connectivity index (χ0) is 13.8. The summed E-state index contributed by atoms with van der Waals surface area (Å²) in [6.45, 7) is 4.07. The quantitative estimate of drug-likeness (QED) is 0.886. The van der Waals surface area contributed by atoms with Crippen LogP contribution in [0.4, 0.5) is 11.5 Å². The van der Waals surface area contributed by atoms with Crippen molar-refractivity contribution in [3.8, 4) is 0 Å². The number of carbonyl (C=O) groups excluding carboxylic acids is 1. The van der Waals surface area contributed by atoms with Gasteiger partial charge in [0.1, 0.15) is 5.82 Å².